The van der Waals surface area contributed by atoms with E-state index in [9.17, 15) is 16.8 Å². The van der Waals surface area contributed by atoms with Crippen LogP contribution < -0.4 is 4.74 Å². The summed E-state index contributed by atoms with van der Waals surface area (Å²) in [6, 6.07) is 19.8. The lowest BCUT2D eigenvalue weighted by Crippen LogP contribution is -2.09. The van der Waals surface area contributed by atoms with Crippen LogP contribution in [0.3, 0.4) is 0 Å². The van der Waals surface area contributed by atoms with Gasteiger partial charge in [-0.2, -0.15) is 0 Å². The van der Waals surface area contributed by atoms with Crippen LogP contribution in [0, 0.1) is 0 Å². The Labute approximate surface area is 171 Å². The van der Waals surface area contributed by atoms with Crippen LogP contribution in [0.4, 0.5) is 0 Å². The normalized spacial score (nSPS) is 11.9. The molecular weight excluding hydrogens is 408 g/mol. The van der Waals surface area contributed by atoms with Crippen LogP contribution in [0.1, 0.15) is 19.8 Å². The number of hydrogen-bond acceptors (Lipinski definition) is 5. The van der Waals surface area contributed by atoms with Gasteiger partial charge in [0.2, 0.25) is 19.7 Å². The maximum Gasteiger partial charge on any atom is 0.210 e. The summed E-state index contributed by atoms with van der Waals surface area (Å²) >= 11 is 0. The third kappa shape index (κ3) is 4.52. The molecule has 0 radical (unpaired) electrons. The summed E-state index contributed by atoms with van der Waals surface area (Å²) < 4.78 is 58.1. The van der Waals surface area contributed by atoms with Gasteiger partial charge in [0.1, 0.15) is 10.6 Å². The third-order valence-electron chi connectivity index (χ3n) is 4.38. The van der Waals surface area contributed by atoms with Crippen molar-refractivity contribution in [1.29, 1.82) is 0 Å². The number of rotatable bonds is 8. The second-order valence-corrected chi connectivity index (χ2v) is 10.3. The van der Waals surface area contributed by atoms with Crippen LogP contribution in [0.25, 0.3) is 0 Å². The fraction of sp³-hybridized carbons (Fsp3) is 0.182. The van der Waals surface area contributed by atoms with Gasteiger partial charge in [0.05, 0.1) is 21.3 Å². The maximum atomic E-state index is 13.2. The molecule has 0 saturated heterocycles. The average molecular weight is 431 g/mol. The van der Waals surface area contributed by atoms with E-state index in [0.29, 0.717) is 6.61 Å². The molecular formula is C22H22O5S2. The molecule has 0 heterocycles. The van der Waals surface area contributed by atoms with Crippen molar-refractivity contribution < 1.29 is 21.6 Å². The molecule has 0 bridgehead atoms. The fourth-order valence-corrected chi connectivity index (χ4v) is 5.60. The first-order chi connectivity index (χ1) is 13.9. The number of hydrogen-bond donors (Lipinski definition) is 0. The lowest BCUT2D eigenvalue weighted by Gasteiger charge is -2.14. The molecule has 29 heavy (non-hydrogen) atoms. The van der Waals surface area contributed by atoms with E-state index in [4.69, 9.17) is 4.74 Å². The monoisotopic (exact) mass is 430 g/mol. The molecule has 0 atom stereocenters. The van der Waals surface area contributed by atoms with E-state index in [1.54, 1.807) is 36.4 Å². The van der Waals surface area contributed by atoms with Crippen molar-refractivity contribution >= 4 is 19.7 Å². The Bertz CT molecular complexity index is 1170. The predicted molar refractivity (Wildman–Crippen MR) is 111 cm³/mol. The van der Waals surface area contributed by atoms with Gasteiger partial charge in [-0.25, -0.2) is 16.8 Å². The Kier molecular flexibility index (Phi) is 6.39. The molecule has 5 nitrogen and oxygen atoms in total. The van der Waals surface area contributed by atoms with E-state index in [2.05, 4.69) is 0 Å². The highest BCUT2D eigenvalue weighted by Gasteiger charge is 2.26. The smallest absolute Gasteiger partial charge is 0.210 e. The number of ether oxygens (including phenoxy) is 1. The van der Waals surface area contributed by atoms with Crippen molar-refractivity contribution in [3.63, 3.8) is 0 Å². The molecule has 0 aliphatic rings. The van der Waals surface area contributed by atoms with Gasteiger partial charge < -0.3 is 4.74 Å². The zero-order chi connectivity index (χ0) is 20.9. The molecule has 3 rings (SSSR count). The molecule has 0 unspecified atom stereocenters. The van der Waals surface area contributed by atoms with Gasteiger partial charge in [-0.15, -0.1) is 0 Å². The zero-order valence-electron chi connectivity index (χ0n) is 16.0. The molecule has 0 amide bonds. The lowest BCUT2D eigenvalue weighted by molar-refractivity contribution is 0.301. The van der Waals surface area contributed by atoms with E-state index in [0.717, 1.165) is 12.8 Å². The van der Waals surface area contributed by atoms with Crippen LogP contribution in [-0.4, -0.2) is 23.4 Å². The van der Waals surface area contributed by atoms with Gasteiger partial charge in [-0.1, -0.05) is 49.7 Å². The molecule has 3 aromatic rings. The number of unbranched alkanes of at least 4 members (excludes halogenated alkanes) is 1. The van der Waals surface area contributed by atoms with E-state index in [1.165, 1.54) is 42.5 Å². The van der Waals surface area contributed by atoms with Crippen molar-refractivity contribution in [3.8, 4) is 5.75 Å². The summed E-state index contributed by atoms with van der Waals surface area (Å²) in [4.78, 5) is -0.0739. The van der Waals surface area contributed by atoms with E-state index < -0.39 is 19.7 Å². The first-order valence-corrected chi connectivity index (χ1v) is 12.2. The molecule has 0 fully saturated rings. The molecule has 152 valence electrons. The molecule has 3 aromatic carbocycles. The Morgan fingerprint density at radius 3 is 1.79 bits per heavy atom. The maximum absolute atomic E-state index is 13.2. The third-order valence-corrected chi connectivity index (χ3v) is 7.94. The van der Waals surface area contributed by atoms with E-state index >= 15 is 0 Å². The van der Waals surface area contributed by atoms with Gasteiger partial charge in [0.15, 0.2) is 0 Å². The van der Waals surface area contributed by atoms with Crippen molar-refractivity contribution in [2.45, 2.75) is 39.3 Å². The second-order valence-electron chi connectivity index (χ2n) is 6.44. The molecule has 0 saturated carbocycles. The van der Waals surface area contributed by atoms with Crippen LogP contribution in [0.2, 0.25) is 0 Å². The molecule has 0 N–H and O–H groups in total. The van der Waals surface area contributed by atoms with Crippen LogP contribution >= 0.6 is 0 Å². The molecule has 0 aliphatic heterocycles. The number of benzene rings is 3. The Morgan fingerprint density at radius 1 is 0.690 bits per heavy atom. The van der Waals surface area contributed by atoms with Crippen LogP contribution in [0.5, 0.6) is 5.75 Å². The van der Waals surface area contributed by atoms with Crippen molar-refractivity contribution in [1.82, 2.24) is 0 Å². The Hall–Kier alpha value is -2.64. The summed E-state index contributed by atoms with van der Waals surface area (Å²) in [5.41, 5.74) is 0. The summed E-state index contributed by atoms with van der Waals surface area (Å²) in [6.07, 6.45) is 1.65. The number of sulfone groups is 2. The second kappa shape index (κ2) is 8.80. The molecule has 0 aromatic heterocycles. The Morgan fingerprint density at radius 2 is 1.24 bits per heavy atom. The van der Waals surface area contributed by atoms with E-state index in [1.807, 2.05) is 6.92 Å². The first kappa shape index (κ1) is 21.1. The van der Waals surface area contributed by atoms with Crippen molar-refractivity contribution in [2.24, 2.45) is 0 Å². The first-order valence-electron chi connectivity index (χ1n) is 9.24. The zero-order valence-corrected chi connectivity index (χ0v) is 17.6. The van der Waals surface area contributed by atoms with Crippen molar-refractivity contribution in [3.05, 3.63) is 78.9 Å². The lowest BCUT2D eigenvalue weighted by atomic mass is 10.3. The fourth-order valence-electron chi connectivity index (χ4n) is 2.77. The van der Waals surface area contributed by atoms with Gasteiger partial charge >= 0.3 is 0 Å². The largest absolute Gasteiger partial charge is 0.492 e. The van der Waals surface area contributed by atoms with Gasteiger partial charge in [0.25, 0.3) is 0 Å². The van der Waals surface area contributed by atoms with Gasteiger partial charge in [-0.3, -0.25) is 0 Å². The minimum absolute atomic E-state index is 0.0783. The van der Waals surface area contributed by atoms with Crippen molar-refractivity contribution in [2.75, 3.05) is 6.61 Å². The van der Waals surface area contributed by atoms with Gasteiger partial charge in [-0.05, 0) is 48.9 Å². The summed E-state index contributed by atoms with van der Waals surface area (Å²) in [5, 5.41) is 0. The minimum Gasteiger partial charge on any atom is -0.492 e. The minimum atomic E-state index is -3.96. The molecule has 0 spiro atoms. The van der Waals surface area contributed by atoms with Crippen LogP contribution in [0.15, 0.2) is 98.4 Å². The highest BCUT2D eigenvalue weighted by molar-refractivity contribution is 7.92. The van der Waals surface area contributed by atoms with Crippen LogP contribution in [-0.2, 0) is 19.7 Å². The highest BCUT2D eigenvalue weighted by Crippen LogP contribution is 2.33. The molecule has 7 heteroatoms. The standard InChI is InChI=1S/C22H22O5S2/c1-2-3-16-27-21-15-14-20(28(23,24)18-10-6-4-7-11-18)17-22(21)29(25,26)19-12-8-5-9-13-19/h4-15,17H,2-3,16H2,1H3. The van der Waals surface area contributed by atoms with E-state index in [-0.39, 0.29) is 25.3 Å². The quantitative estimate of drug-likeness (QED) is 0.491. The summed E-state index contributed by atoms with van der Waals surface area (Å²) in [7, 11) is -7.83. The summed E-state index contributed by atoms with van der Waals surface area (Å²) in [5.74, 6) is 0.148. The average Bonchev–Trinajstić information content (AvgIpc) is 2.75. The Balaban J connectivity index is 2.15. The van der Waals surface area contributed by atoms with Gasteiger partial charge in [0, 0.05) is 0 Å². The highest BCUT2D eigenvalue weighted by atomic mass is 32.2. The topological polar surface area (TPSA) is 77.5 Å². The molecule has 0 aliphatic carbocycles. The SMILES string of the molecule is CCCCOc1ccc(S(=O)(=O)c2ccccc2)cc1S(=O)(=O)c1ccccc1. The predicted octanol–water partition coefficient (Wildman–Crippen LogP) is 4.53. The summed E-state index contributed by atoms with van der Waals surface area (Å²) in [6.45, 7) is 2.35.